The Balaban J connectivity index is 1.57. The molecule has 2 fully saturated rings. The van der Waals surface area contributed by atoms with Crippen LogP contribution in [0.3, 0.4) is 0 Å². The number of nitrogens with zero attached hydrogens (tertiary/aromatic N) is 3. The number of amides is 4. The van der Waals surface area contributed by atoms with Crippen LogP contribution in [0.15, 0.2) is 36.5 Å². The minimum Gasteiger partial charge on any atom is -0.370 e. The van der Waals surface area contributed by atoms with Crippen molar-refractivity contribution in [2.45, 2.75) is 50.0 Å². The molecule has 5 aliphatic rings. The Hall–Kier alpha value is -2.74. The largest absolute Gasteiger partial charge is 0.370 e. The lowest BCUT2D eigenvalue weighted by atomic mass is 9.61. The van der Waals surface area contributed by atoms with Gasteiger partial charge in [0.25, 0.3) is 11.8 Å². The van der Waals surface area contributed by atoms with Crippen LogP contribution in [0.4, 0.5) is 0 Å². The van der Waals surface area contributed by atoms with Crippen molar-refractivity contribution < 1.29 is 24.3 Å². The lowest BCUT2D eigenvalue weighted by Crippen LogP contribution is -2.79. The van der Waals surface area contributed by atoms with Crippen LogP contribution in [-0.4, -0.2) is 74.3 Å². The van der Waals surface area contributed by atoms with Crippen LogP contribution in [0.1, 0.15) is 25.7 Å². The number of carbonyl (C=O) groups excluding carboxylic acids is 4. The van der Waals surface area contributed by atoms with Crippen molar-refractivity contribution in [1.29, 1.82) is 0 Å². The van der Waals surface area contributed by atoms with Crippen LogP contribution < -0.4 is 0 Å². The zero-order chi connectivity index (χ0) is 20.3. The van der Waals surface area contributed by atoms with Crippen LogP contribution >= 0.6 is 0 Å². The van der Waals surface area contributed by atoms with Crippen LogP contribution in [0.25, 0.3) is 0 Å². The molecule has 0 radical (unpaired) electrons. The molecule has 0 saturated heterocycles. The molecule has 5 atom stereocenters. The van der Waals surface area contributed by atoms with Crippen molar-refractivity contribution in [1.82, 2.24) is 14.7 Å². The van der Waals surface area contributed by atoms with Gasteiger partial charge in [0.05, 0.1) is 18.1 Å². The second kappa shape index (κ2) is 6.66. The second-order valence-corrected chi connectivity index (χ2v) is 8.38. The first kappa shape index (κ1) is 18.3. The van der Waals surface area contributed by atoms with E-state index in [9.17, 15) is 24.3 Å². The molecule has 1 N–H and O–H groups in total. The highest BCUT2D eigenvalue weighted by molar-refractivity contribution is 6.13. The predicted octanol–water partition coefficient (Wildman–Crippen LogP) is -0.0476. The Morgan fingerprint density at radius 2 is 1.48 bits per heavy atom. The summed E-state index contributed by atoms with van der Waals surface area (Å²) in [5, 5.41) is 10.5. The van der Waals surface area contributed by atoms with E-state index in [1.807, 2.05) is 0 Å². The van der Waals surface area contributed by atoms with E-state index in [0.717, 1.165) is 25.7 Å². The van der Waals surface area contributed by atoms with Gasteiger partial charge in [0.15, 0.2) is 0 Å². The van der Waals surface area contributed by atoms with E-state index in [0.29, 0.717) is 6.54 Å². The van der Waals surface area contributed by atoms with Crippen LogP contribution in [-0.2, 0) is 19.2 Å². The zero-order valence-electron chi connectivity index (χ0n) is 15.9. The first-order chi connectivity index (χ1) is 14.0. The van der Waals surface area contributed by atoms with E-state index in [2.05, 4.69) is 0 Å². The highest BCUT2D eigenvalue weighted by atomic mass is 16.3. The van der Waals surface area contributed by atoms with Gasteiger partial charge in [-0.2, -0.15) is 0 Å². The standard InChI is InChI=1S/C21H23N3O5/c25-13-6-3-11-22(13)19-18(12-4-1-2-5-12)20(23-14(26)7-8-15(23)27)21(19)24-16(28)9-10-17(24)29/h3,6-10,12,16,18-21,28H,1-2,4-5,11H2. The van der Waals surface area contributed by atoms with E-state index in [1.165, 1.54) is 40.2 Å². The normalized spacial score (nSPS) is 37.0. The molecule has 0 aromatic heterocycles. The molecule has 2 saturated carbocycles. The molecule has 3 aliphatic heterocycles. The quantitative estimate of drug-likeness (QED) is 0.671. The summed E-state index contributed by atoms with van der Waals surface area (Å²) in [4.78, 5) is 54.5. The summed E-state index contributed by atoms with van der Waals surface area (Å²) in [6, 6.07) is -1.52. The number of aliphatic hydroxyl groups is 1. The summed E-state index contributed by atoms with van der Waals surface area (Å²) in [6.45, 7) is 0.432. The third-order valence-electron chi connectivity index (χ3n) is 7.05. The Morgan fingerprint density at radius 3 is 2.03 bits per heavy atom. The molecule has 0 spiro atoms. The van der Waals surface area contributed by atoms with E-state index < -0.39 is 30.1 Å². The molecule has 5 unspecified atom stereocenters. The number of hydrogen-bond donors (Lipinski definition) is 1. The first-order valence-corrected chi connectivity index (χ1v) is 10.2. The molecule has 0 aromatic rings. The van der Waals surface area contributed by atoms with Gasteiger partial charge in [-0.3, -0.25) is 24.1 Å². The van der Waals surface area contributed by atoms with Crippen molar-refractivity contribution in [2.75, 3.05) is 6.54 Å². The number of aliphatic hydroxyl groups excluding tert-OH is 1. The molecular weight excluding hydrogens is 374 g/mol. The Labute approximate surface area is 168 Å². The molecule has 0 bridgehead atoms. The van der Waals surface area contributed by atoms with Crippen molar-refractivity contribution >= 4 is 23.6 Å². The SMILES string of the molecule is O=C1C=CCN1C1C(C2CCCC2)C(N2C(=O)C=CC2=O)C1N1C(=O)C=CC1O. The zero-order valence-corrected chi connectivity index (χ0v) is 15.9. The van der Waals surface area contributed by atoms with E-state index in [1.54, 1.807) is 11.0 Å². The van der Waals surface area contributed by atoms with E-state index in [4.69, 9.17) is 0 Å². The van der Waals surface area contributed by atoms with Crippen LogP contribution in [0, 0.1) is 11.8 Å². The van der Waals surface area contributed by atoms with Gasteiger partial charge >= 0.3 is 0 Å². The third-order valence-corrected chi connectivity index (χ3v) is 7.05. The predicted molar refractivity (Wildman–Crippen MR) is 101 cm³/mol. The van der Waals surface area contributed by atoms with E-state index in [-0.39, 0.29) is 29.7 Å². The fourth-order valence-corrected chi connectivity index (χ4v) is 5.89. The fraction of sp³-hybridized carbons (Fsp3) is 0.524. The maximum atomic E-state index is 12.6. The molecule has 8 nitrogen and oxygen atoms in total. The first-order valence-electron chi connectivity index (χ1n) is 10.2. The minimum absolute atomic E-state index is 0.111. The molecule has 4 amide bonds. The van der Waals surface area contributed by atoms with Gasteiger partial charge in [-0.25, -0.2) is 0 Å². The van der Waals surface area contributed by atoms with Crippen LogP contribution in [0.2, 0.25) is 0 Å². The molecular formula is C21H23N3O5. The highest BCUT2D eigenvalue weighted by Crippen LogP contribution is 2.50. The maximum absolute atomic E-state index is 12.6. The van der Waals surface area contributed by atoms with Crippen molar-refractivity contribution in [2.24, 2.45) is 11.8 Å². The van der Waals surface area contributed by atoms with E-state index >= 15 is 0 Å². The average molecular weight is 397 g/mol. The topological polar surface area (TPSA) is 98.2 Å². The summed E-state index contributed by atoms with van der Waals surface area (Å²) in [5.41, 5.74) is 0. The number of carbonyl (C=O) groups is 4. The van der Waals surface area contributed by atoms with Gasteiger partial charge in [-0.1, -0.05) is 31.8 Å². The smallest absolute Gasteiger partial charge is 0.253 e. The van der Waals surface area contributed by atoms with Crippen molar-refractivity contribution in [3.8, 4) is 0 Å². The average Bonchev–Trinajstić information content (AvgIpc) is 3.46. The van der Waals surface area contributed by atoms with Crippen molar-refractivity contribution in [3.63, 3.8) is 0 Å². The summed E-state index contributed by atoms with van der Waals surface area (Å²) >= 11 is 0. The minimum atomic E-state index is -1.13. The van der Waals surface area contributed by atoms with Gasteiger partial charge in [-0.15, -0.1) is 0 Å². The number of rotatable bonds is 4. The molecule has 3 heterocycles. The Kier molecular flexibility index (Phi) is 4.20. The van der Waals surface area contributed by atoms with Gasteiger partial charge < -0.3 is 14.9 Å². The molecule has 29 heavy (non-hydrogen) atoms. The van der Waals surface area contributed by atoms with Gasteiger partial charge in [0, 0.05) is 36.8 Å². The third kappa shape index (κ3) is 2.62. The Morgan fingerprint density at radius 1 is 0.793 bits per heavy atom. The van der Waals surface area contributed by atoms with Gasteiger partial charge in [-0.05, 0) is 12.0 Å². The molecule has 0 aromatic carbocycles. The van der Waals surface area contributed by atoms with Crippen molar-refractivity contribution in [3.05, 3.63) is 36.5 Å². The van der Waals surface area contributed by atoms with Crippen LogP contribution in [0.5, 0.6) is 0 Å². The molecule has 5 rings (SSSR count). The monoisotopic (exact) mass is 397 g/mol. The lowest BCUT2D eigenvalue weighted by Gasteiger charge is -2.61. The summed E-state index contributed by atoms with van der Waals surface area (Å²) < 4.78 is 0. The second-order valence-electron chi connectivity index (χ2n) is 8.38. The van der Waals surface area contributed by atoms with Gasteiger partial charge in [0.1, 0.15) is 6.23 Å². The molecule has 152 valence electrons. The van der Waals surface area contributed by atoms with Gasteiger partial charge in [0.2, 0.25) is 11.8 Å². The summed E-state index contributed by atoms with van der Waals surface area (Å²) in [5.74, 6) is -1.14. The molecule has 2 aliphatic carbocycles. The number of imide groups is 1. The molecule has 8 heteroatoms. The maximum Gasteiger partial charge on any atom is 0.253 e. The Bertz CT molecular complexity index is 854. The summed E-state index contributed by atoms with van der Waals surface area (Å²) in [6.07, 6.45) is 11.5. The fourth-order valence-electron chi connectivity index (χ4n) is 5.89. The number of hydrogen-bond acceptors (Lipinski definition) is 5. The highest BCUT2D eigenvalue weighted by Gasteiger charge is 2.64. The lowest BCUT2D eigenvalue weighted by molar-refractivity contribution is -0.180. The summed E-state index contributed by atoms with van der Waals surface area (Å²) in [7, 11) is 0.